The van der Waals surface area contributed by atoms with Gasteiger partial charge in [0, 0.05) is 37.3 Å². The first-order chi connectivity index (χ1) is 14.2. The highest BCUT2D eigenvalue weighted by atomic mass is 19.2. The van der Waals surface area contributed by atoms with E-state index < -0.39 is 45.9 Å². The Morgan fingerprint density at radius 2 is 2.03 bits per heavy atom. The fourth-order valence-electron chi connectivity index (χ4n) is 3.69. The van der Waals surface area contributed by atoms with Crippen LogP contribution >= 0.6 is 0 Å². The van der Waals surface area contributed by atoms with E-state index in [0.717, 1.165) is 6.07 Å². The van der Waals surface area contributed by atoms with Crippen molar-refractivity contribution in [2.75, 3.05) is 7.05 Å². The summed E-state index contributed by atoms with van der Waals surface area (Å²) in [6.07, 6.45) is 2.57. The predicted octanol–water partition coefficient (Wildman–Crippen LogP) is 0.640. The first kappa shape index (κ1) is 19.6. The number of primary amides is 1. The van der Waals surface area contributed by atoms with Crippen molar-refractivity contribution in [2.24, 2.45) is 5.73 Å². The second kappa shape index (κ2) is 6.94. The molecule has 0 atom stereocenters. The average Bonchev–Trinajstić information content (AvgIpc) is 3.32. The molecule has 4 N–H and O–H groups in total. The maximum absolute atomic E-state index is 14.8. The van der Waals surface area contributed by atoms with Crippen molar-refractivity contribution in [2.45, 2.75) is 25.9 Å². The number of hydrogen-bond donors (Lipinski definition) is 3. The number of nitrogens with zero attached hydrogens (tertiary/aromatic N) is 3. The standard InChI is InChI=1S/C19H17F2N5O4/c1-23-12(27)7-25-6-10(8-5-9(17(22)29)16(28)15(21)14(8)20)13-18(25)24-11-3-2-4-26(11)19(13)30/h5-6,28H,2-4,7H2,1H3,(H2,22,29)(H,23,27). The van der Waals surface area contributed by atoms with Crippen molar-refractivity contribution in [3.05, 3.63) is 45.6 Å². The molecule has 1 aromatic carbocycles. The molecule has 4 rings (SSSR count). The van der Waals surface area contributed by atoms with Gasteiger partial charge in [-0.1, -0.05) is 0 Å². The van der Waals surface area contributed by atoms with Gasteiger partial charge < -0.3 is 20.7 Å². The van der Waals surface area contributed by atoms with E-state index in [1.165, 1.54) is 22.4 Å². The van der Waals surface area contributed by atoms with Crippen LogP contribution in [0.4, 0.5) is 8.78 Å². The number of fused-ring (bicyclic) bond motifs is 2. The molecule has 0 radical (unpaired) electrons. The van der Waals surface area contributed by atoms with Crippen LogP contribution in [-0.2, 0) is 24.3 Å². The summed E-state index contributed by atoms with van der Waals surface area (Å²) in [5.41, 5.74) is 3.69. The molecular weight excluding hydrogens is 400 g/mol. The monoisotopic (exact) mass is 417 g/mol. The number of benzene rings is 1. The highest BCUT2D eigenvalue weighted by Gasteiger charge is 2.27. The average molecular weight is 417 g/mol. The SMILES string of the molecule is CNC(=O)Cn1cc(-c2cc(C(N)=O)c(O)c(F)c2F)c2c(=O)n3c(nc21)CCC3. The van der Waals surface area contributed by atoms with Gasteiger partial charge in [0.25, 0.3) is 11.5 Å². The van der Waals surface area contributed by atoms with Gasteiger partial charge in [-0.25, -0.2) is 9.37 Å². The van der Waals surface area contributed by atoms with Gasteiger partial charge in [-0.05, 0) is 12.5 Å². The molecule has 3 aromatic rings. The highest BCUT2D eigenvalue weighted by molar-refractivity contribution is 6.00. The number of likely N-dealkylation sites (N-methyl/N-ethyl adjacent to an activating group) is 1. The molecule has 2 aromatic heterocycles. The van der Waals surface area contributed by atoms with Gasteiger partial charge in [0.2, 0.25) is 11.7 Å². The number of halogens is 2. The Kier molecular flexibility index (Phi) is 4.52. The smallest absolute Gasteiger partial charge is 0.263 e. The Labute approximate surface area is 167 Å². The quantitative estimate of drug-likeness (QED) is 0.573. The first-order valence-corrected chi connectivity index (χ1v) is 9.08. The molecule has 1 aliphatic heterocycles. The van der Waals surface area contributed by atoms with Crippen molar-refractivity contribution >= 4 is 22.8 Å². The Hall–Kier alpha value is -3.76. The maximum atomic E-state index is 14.8. The van der Waals surface area contributed by atoms with E-state index in [1.807, 2.05) is 0 Å². The Morgan fingerprint density at radius 3 is 2.70 bits per heavy atom. The molecule has 30 heavy (non-hydrogen) atoms. The number of aromatic nitrogens is 3. The molecule has 0 aliphatic carbocycles. The zero-order chi connectivity index (χ0) is 21.7. The largest absolute Gasteiger partial charge is 0.504 e. The number of rotatable bonds is 4. The van der Waals surface area contributed by atoms with E-state index in [1.54, 1.807) is 0 Å². The third kappa shape index (κ3) is 2.81. The fraction of sp³-hybridized carbons (Fsp3) is 0.263. The molecule has 9 nitrogen and oxygen atoms in total. The van der Waals surface area contributed by atoms with Gasteiger partial charge in [0.1, 0.15) is 18.0 Å². The number of nitrogens with two attached hydrogens (primary N) is 1. The van der Waals surface area contributed by atoms with E-state index in [9.17, 15) is 28.3 Å². The van der Waals surface area contributed by atoms with Gasteiger partial charge in [0.15, 0.2) is 11.6 Å². The van der Waals surface area contributed by atoms with Crippen LogP contribution in [0.3, 0.4) is 0 Å². The third-order valence-electron chi connectivity index (χ3n) is 5.17. The van der Waals surface area contributed by atoms with E-state index in [4.69, 9.17) is 5.73 Å². The van der Waals surface area contributed by atoms with Crippen LogP contribution in [0.1, 0.15) is 22.6 Å². The number of phenols is 1. The zero-order valence-corrected chi connectivity index (χ0v) is 15.8. The van der Waals surface area contributed by atoms with E-state index in [0.29, 0.717) is 25.2 Å². The number of hydrogen-bond acceptors (Lipinski definition) is 5. The van der Waals surface area contributed by atoms with Gasteiger partial charge in [-0.3, -0.25) is 19.0 Å². The molecule has 3 heterocycles. The molecule has 1 aliphatic rings. The number of carbonyl (C=O) groups excluding carboxylic acids is 2. The minimum atomic E-state index is -1.66. The molecule has 0 spiro atoms. The summed E-state index contributed by atoms with van der Waals surface area (Å²) < 4.78 is 31.8. The normalized spacial score (nSPS) is 12.9. The van der Waals surface area contributed by atoms with Crippen molar-refractivity contribution < 1.29 is 23.5 Å². The molecular formula is C19H17F2N5O4. The lowest BCUT2D eigenvalue weighted by molar-refractivity contribution is -0.121. The molecule has 2 amide bonds. The molecule has 156 valence electrons. The van der Waals surface area contributed by atoms with E-state index in [2.05, 4.69) is 10.3 Å². The summed E-state index contributed by atoms with van der Waals surface area (Å²) in [6, 6.07) is 0.881. The molecule has 11 heteroatoms. The zero-order valence-electron chi connectivity index (χ0n) is 15.8. The van der Waals surface area contributed by atoms with Gasteiger partial charge in [-0.15, -0.1) is 0 Å². The summed E-state index contributed by atoms with van der Waals surface area (Å²) in [5, 5.41) is 12.1. The number of carbonyl (C=O) groups is 2. The van der Waals surface area contributed by atoms with E-state index >= 15 is 0 Å². The Balaban J connectivity index is 2.09. The van der Waals surface area contributed by atoms with Crippen molar-refractivity contribution in [1.29, 1.82) is 0 Å². The minimum absolute atomic E-state index is 0.0241. The van der Waals surface area contributed by atoms with Crippen LogP contribution in [-0.4, -0.2) is 38.1 Å². The van der Waals surface area contributed by atoms with Crippen LogP contribution in [0.15, 0.2) is 17.1 Å². The lowest BCUT2D eigenvalue weighted by atomic mass is 10.0. The summed E-state index contributed by atoms with van der Waals surface area (Å²) >= 11 is 0. The number of aryl methyl sites for hydroxylation is 1. The summed E-state index contributed by atoms with van der Waals surface area (Å²) in [4.78, 5) is 41.1. The second-order valence-corrected chi connectivity index (χ2v) is 6.94. The first-order valence-electron chi connectivity index (χ1n) is 9.08. The minimum Gasteiger partial charge on any atom is -0.504 e. The fourth-order valence-corrected chi connectivity index (χ4v) is 3.69. The Morgan fingerprint density at radius 1 is 1.30 bits per heavy atom. The van der Waals surface area contributed by atoms with Crippen molar-refractivity contribution in [3.63, 3.8) is 0 Å². The molecule has 0 fully saturated rings. The number of aromatic hydroxyl groups is 1. The molecule has 0 bridgehead atoms. The van der Waals surface area contributed by atoms with Gasteiger partial charge in [0.05, 0.1) is 10.9 Å². The van der Waals surface area contributed by atoms with Crippen LogP contribution < -0.4 is 16.6 Å². The van der Waals surface area contributed by atoms with Crippen LogP contribution in [0.5, 0.6) is 5.75 Å². The van der Waals surface area contributed by atoms with Crippen molar-refractivity contribution in [1.82, 2.24) is 19.4 Å². The second-order valence-electron chi connectivity index (χ2n) is 6.94. The van der Waals surface area contributed by atoms with E-state index in [-0.39, 0.29) is 23.1 Å². The summed E-state index contributed by atoms with van der Waals surface area (Å²) in [5.74, 6) is -5.36. The van der Waals surface area contributed by atoms with Gasteiger partial charge >= 0.3 is 0 Å². The topological polar surface area (TPSA) is 132 Å². The maximum Gasteiger partial charge on any atom is 0.263 e. The molecule has 0 saturated carbocycles. The van der Waals surface area contributed by atoms with Crippen LogP contribution in [0, 0.1) is 11.6 Å². The van der Waals surface area contributed by atoms with Crippen LogP contribution in [0.25, 0.3) is 22.2 Å². The third-order valence-corrected chi connectivity index (χ3v) is 5.17. The van der Waals surface area contributed by atoms with Gasteiger partial charge in [-0.2, -0.15) is 4.39 Å². The Bertz CT molecular complexity index is 1290. The molecule has 0 saturated heterocycles. The number of nitrogens with one attached hydrogen (secondary N) is 1. The highest BCUT2D eigenvalue weighted by Crippen LogP contribution is 2.36. The van der Waals surface area contributed by atoms with Crippen LogP contribution in [0.2, 0.25) is 0 Å². The summed E-state index contributed by atoms with van der Waals surface area (Å²) in [7, 11) is 1.43. The molecule has 0 unspecified atom stereocenters. The number of amides is 2. The predicted molar refractivity (Wildman–Crippen MR) is 102 cm³/mol. The van der Waals surface area contributed by atoms with Crippen molar-refractivity contribution in [3.8, 4) is 16.9 Å². The lowest BCUT2D eigenvalue weighted by Gasteiger charge is -2.09. The summed E-state index contributed by atoms with van der Waals surface area (Å²) in [6.45, 7) is 0.212. The lowest BCUT2D eigenvalue weighted by Crippen LogP contribution is -2.24.